The number of rotatable bonds is 11. The van der Waals surface area contributed by atoms with E-state index in [0.717, 1.165) is 18.5 Å². The van der Waals surface area contributed by atoms with Crippen molar-refractivity contribution in [1.29, 1.82) is 0 Å². The van der Waals surface area contributed by atoms with E-state index in [1.54, 1.807) is 25.4 Å². The van der Waals surface area contributed by atoms with Crippen molar-refractivity contribution in [2.24, 2.45) is 0 Å². The van der Waals surface area contributed by atoms with Crippen LogP contribution in [0.15, 0.2) is 60.9 Å². The lowest BCUT2D eigenvalue weighted by atomic mass is 10.1. The fourth-order valence-electron chi connectivity index (χ4n) is 4.00. The van der Waals surface area contributed by atoms with Gasteiger partial charge in [0.15, 0.2) is 11.5 Å². The Morgan fingerprint density at radius 1 is 1.14 bits per heavy atom. The van der Waals surface area contributed by atoms with Crippen LogP contribution < -0.4 is 14.2 Å². The third kappa shape index (κ3) is 7.42. The van der Waals surface area contributed by atoms with Gasteiger partial charge in [0.2, 0.25) is 0 Å². The number of hydrogen-bond acceptors (Lipinski definition) is 7. The second-order valence-corrected chi connectivity index (χ2v) is 8.69. The summed E-state index contributed by atoms with van der Waals surface area (Å²) in [6.45, 7) is 3.69. The number of benzene rings is 2. The number of hydrogen-bond donors (Lipinski definition) is 1. The van der Waals surface area contributed by atoms with E-state index in [2.05, 4.69) is 10.00 Å². The van der Waals surface area contributed by atoms with Gasteiger partial charge in [-0.1, -0.05) is 6.07 Å². The summed E-state index contributed by atoms with van der Waals surface area (Å²) in [5.74, 6) is 1.53. The molecule has 1 aliphatic heterocycles. The molecule has 35 heavy (non-hydrogen) atoms. The van der Waals surface area contributed by atoms with Gasteiger partial charge in [0, 0.05) is 45.0 Å². The molecule has 0 spiro atoms. The maximum Gasteiger partial charge on any atom is 0.161 e. The first-order chi connectivity index (χ1) is 17.0. The molecule has 1 N–H and O–H groups in total. The van der Waals surface area contributed by atoms with Crippen molar-refractivity contribution in [2.45, 2.75) is 25.1 Å². The van der Waals surface area contributed by atoms with Gasteiger partial charge in [0.25, 0.3) is 0 Å². The average Bonchev–Trinajstić information content (AvgIpc) is 3.31. The van der Waals surface area contributed by atoms with Gasteiger partial charge in [0.05, 0.1) is 26.9 Å². The van der Waals surface area contributed by atoms with E-state index >= 15 is 0 Å². The van der Waals surface area contributed by atoms with Gasteiger partial charge < -0.3 is 24.1 Å². The molecule has 1 aliphatic rings. The Kier molecular flexibility index (Phi) is 8.57. The standard InChI is InChI=1S/C26H32FN3O5/c1-32-24-9-4-21(16-25(24)34-14-3-12-30-11-2-10-28-30)17-29-13-15-33-19-26(31,18-29)20-35-23-7-5-22(27)6-8-23/h2,4-11,16,31H,3,12-15,17-20H2,1H3/t26-/m1/s1. The molecule has 0 aliphatic carbocycles. The largest absolute Gasteiger partial charge is 0.493 e. The number of halogens is 1. The molecular weight excluding hydrogens is 453 g/mol. The Labute approximate surface area is 204 Å². The minimum atomic E-state index is -1.19. The van der Waals surface area contributed by atoms with Gasteiger partial charge in [-0.15, -0.1) is 0 Å². The van der Waals surface area contributed by atoms with Crippen molar-refractivity contribution in [3.8, 4) is 17.2 Å². The monoisotopic (exact) mass is 485 g/mol. The maximum absolute atomic E-state index is 13.1. The van der Waals surface area contributed by atoms with Crippen molar-refractivity contribution in [1.82, 2.24) is 14.7 Å². The summed E-state index contributed by atoms with van der Waals surface area (Å²) in [6, 6.07) is 13.5. The second kappa shape index (κ2) is 12.0. The number of aliphatic hydroxyl groups is 1. The normalized spacial score (nSPS) is 18.7. The Morgan fingerprint density at radius 3 is 2.77 bits per heavy atom. The van der Waals surface area contributed by atoms with E-state index in [1.165, 1.54) is 12.1 Å². The van der Waals surface area contributed by atoms with Crippen LogP contribution >= 0.6 is 0 Å². The predicted octanol–water partition coefficient (Wildman–Crippen LogP) is 3.14. The van der Waals surface area contributed by atoms with E-state index in [0.29, 0.717) is 50.1 Å². The minimum Gasteiger partial charge on any atom is -0.493 e. The van der Waals surface area contributed by atoms with E-state index in [4.69, 9.17) is 18.9 Å². The molecule has 4 rings (SSSR count). The van der Waals surface area contributed by atoms with Gasteiger partial charge in [-0.3, -0.25) is 9.58 Å². The summed E-state index contributed by atoms with van der Waals surface area (Å²) in [4.78, 5) is 2.13. The molecule has 1 fully saturated rings. The number of aryl methyl sites for hydroxylation is 1. The summed E-state index contributed by atoms with van der Waals surface area (Å²) < 4.78 is 37.9. The molecule has 2 heterocycles. The van der Waals surface area contributed by atoms with Gasteiger partial charge in [-0.25, -0.2) is 4.39 Å². The highest BCUT2D eigenvalue weighted by Gasteiger charge is 2.33. The fraction of sp³-hybridized carbons (Fsp3) is 0.423. The summed E-state index contributed by atoms with van der Waals surface area (Å²) >= 11 is 0. The molecule has 0 radical (unpaired) electrons. The molecular formula is C26H32FN3O5. The smallest absolute Gasteiger partial charge is 0.161 e. The van der Waals surface area contributed by atoms with E-state index < -0.39 is 5.60 Å². The summed E-state index contributed by atoms with van der Waals surface area (Å²) in [7, 11) is 1.62. The van der Waals surface area contributed by atoms with Crippen molar-refractivity contribution in [3.63, 3.8) is 0 Å². The molecule has 0 unspecified atom stereocenters. The van der Waals surface area contributed by atoms with Crippen LogP contribution in [0.1, 0.15) is 12.0 Å². The highest BCUT2D eigenvalue weighted by atomic mass is 19.1. The molecule has 8 nitrogen and oxygen atoms in total. The number of nitrogens with zero attached hydrogens (tertiary/aromatic N) is 3. The van der Waals surface area contributed by atoms with Crippen LogP contribution in [0.25, 0.3) is 0 Å². The fourth-order valence-corrected chi connectivity index (χ4v) is 4.00. The van der Waals surface area contributed by atoms with Crippen LogP contribution in [0.5, 0.6) is 17.2 Å². The molecule has 9 heteroatoms. The Morgan fingerprint density at radius 2 is 2.00 bits per heavy atom. The third-order valence-corrected chi connectivity index (χ3v) is 5.74. The lowest BCUT2D eigenvalue weighted by Gasteiger charge is -2.30. The second-order valence-electron chi connectivity index (χ2n) is 8.69. The predicted molar refractivity (Wildman–Crippen MR) is 128 cm³/mol. The highest BCUT2D eigenvalue weighted by Crippen LogP contribution is 2.29. The van der Waals surface area contributed by atoms with Crippen molar-refractivity contribution >= 4 is 0 Å². The first kappa shape index (κ1) is 25.0. The lowest BCUT2D eigenvalue weighted by molar-refractivity contribution is -0.0646. The summed E-state index contributed by atoms with van der Waals surface area (Å²) in [5, 5.41) is 15.4. The topological polar surface area (TPSA) is 78.2 Å². The molecule has 1 saturated heterocycles. The summed E-state index contributed by atoms with van der Waals surface area (Å²) in [6.07, 6.45) is 4.51. The Bertz CT molecular complexity index is 1050. The van der Waals surface area contributed by atoms with Crippen molar-refractivity contribution in [2.75, 3.05) is 46.6 Å². The number of β-amino-alcohol motifs (C(OH)–C–C–N with tert-alkyl or cyclic N) is 1. The molecule has 2 aromatic carbocycles. The lowest BCUT2D eigenvalue weighted by Crippen LogP contribution is -2.48. The summed E-state index contributed by atoms with van der Waals surface area (Å²) in [5.41, 5.74) is -0.153. The Balaban J connectivity index is 1.34. The SMILES string of the molecule is COc1ccc(CN2CCOC[C@@](O)(COc3ccc(F)cc3)C2)cc1OCCCn1cccn1. The zero-order valence-electron chi connectivity index (χ0n) is 19.9. The molecule has 0 saturated carbocycles. The molecule has 0 amide bonds. The van der Waals surface area contributed by atoms with Crippen LogP contribution in [0.4, 0.5) is 4.39 Å². The minimum absolute atomic E-state index is 0.0440. The maximum atomic E-state index is 13.1. The first-order valence-corrected chi connectivity index (χ1v) is 11.7. The van der Waals surface area contributed by atoms with E-state index in [9.17, 15) is 9.50 Å². The van der Waals surface area contributed by atoms with E-state index in [1.807, 2.05) is 35.1 Å². The zero-order valence-corrected chi connectivity index (χ0v) is 19.9. The molecule has 0 bridgehead atoms. The zero-order chi connectivity index (χ0) is 24.5. The van der Waals surface area contributed by atoms with Crippen LogP contribution in [-0.4, -0.2) is 72.0 Å². The van der Waals surface area contributed by atoms with Gasteiger partial charge in [-0.05, 0) is 48.0 Å². The Hall–Kier alpha value is -3.14. The van der Waals surface area contributed by atoms with Gasteiger partial charge in [-0.2, -0.15) is 5.10 Å². The first-order valence-electron chi connectivity index (χ1n) is 11.7. The third-order valence-electron chi connectivity index (χ3n) is 5.74. The van der Waals surface area contributed by atoms with Crippen LogP contribution in [-0.2, 0) is 17.8 Å². The molecule has 188 valence electrons. The number of ether oxygens (including phenoxy) is 4. The number of aromatic nitrogens is 2. The van der Waals surface area contributed by atoms with Gasteiger partial charge in [0.1, 0.15) is 23.8 Å². The van der Waals surface area contributed by atoms with Gasteiger partial charge >= 0.3 is 0 Å². The molecule has 3 aromatic rings. The molecule has 1 aromatic heterocycles. The highest BCUT2D eigenvalue weighted by molar-refractivity contribution is 5.43. The van der Waals surface area contributed by atoms with Crippen molar-refractivity contribution < 1.29 is 28.4 Å². The van der Waals surface area contributed by atoms with E-state index in [-0.39, 0.29) is 19.0 Å². The average molecular weight is 486 g/mol. The van der Waals surface area contributed by atoms with Crippen LogP contribution in [0.2, 0.25) is 0 Å². The van der Waals surface area contributed by atoms with Crippen molar-refractivity contribution in [3.05, 3.63) is 72.3 Å². The quantitative estimate of drug-likeness (QED) is 0.418. The molecule has 1 atom stereocenters. The number of methoxy groups -OCH3 is 1. The van der Waals surface area contributed by atoms with Crippen LogP contribution in [0.3, 0.4) is 0 Å². The van der Waals surface area contributed by atoms with Crippen LogP contribution in [0, 0.1) is 5.82 Å².